The highest BCUT2D eigenvalue weighted by Gasteiger charge is 2.39. The van der Waals surface area contributed by atoms with Gasteiger partial charge >= 0.3 is 0 Å². The number of fused-ring (bicyclic) bond motifs is 2. The number of aromatic nitrogens is 3. The number of H-pyrrole nitrogens is 1. The van der Waals surface area contributed by atoms with Crippen LogP contribution in [0.25, 0.3) is 21.1 Å². The van der Waals surface area contributed by atoms with Crippen molar-refractivity contribution in [2.45, 2.75) is 31.7 Å². The molecule has 6 rings (SSSR count). The molecule has 0 saturated carbocycles. The van der Waals surface area contributed by atoms with Crippen LogP contribution in [-0.2, 0) is 9.53 Å². The molecule has 2 unspecified atom stereocenters. The van der Waals surface area contributed by atoms with Gasteiger partial charge in [0, 0.05) is 67.4 Å². The van der Waals surface area contributed by atoms with E-state index in [0.29, 0.717) is 13.2 Å². The molecule has 2 saturated heterocycles. The van der Waals surface area contributed by atoms with E-state index in [1.807, 2.05) is 32.3 Å². The number of halogens is 1. The highest BCUT2D eigenvalue weighted by atomic mass is 32.1. The topological polar surface area (TPSA) is 104 Å². The van der Waals surface area contributed by atoms with Crippen molar-refractivity contribution in [3.05, 3.63) is 59.2 Å². The molecule has 5 heterocycles. The molecule has 0 spiro atoms. The lowest BCUT2D eigenvalue weighted by Gasteiger charge is -2.48. The summed E-state index contributed by atoms with van der Waals surface area (Å²) in [6.45, 7) is 8.74. The van der Waals surface area contributed by atoms with E-state index < -0.39 is 5.54 Å². The molecule has 2 aliphatic heterocycles. The molecular weight excluding hydrogens is 505 g/mol. The number of nitrogens with zero attached hydrogens (tertiary/aromatic N) is 5. The molecule has 1 amide bonds. The van der Waals surface area contributed by atoms with Crippen molar-refractivity contribution in [2.24, 2.45) is 5.73 Å². The van der Waals surface area contributed by atoms with E-state index in [1.54, 1.807) is 23.7 Å². The van der Waals surface area contributed by atoms with Gasteiger partial charge in [-0.15, -0.1) is 11.3 Å². The Morgan fingerprint density at radius 3 is 2.79 bits per heavy atom. The fourth-order valence-corrected chi connectivity index (χ4v) is 6.87. The number of thiophene rings is 1. The first-order chi connectivity index (χ1) is 18.3. The first kappa shape index (κ1) is 25.3. The molecule has 2 atom stereocenters. The van der Waals surface area contributed by atoms with Gasteiger partial charge in [-0.05, 0) is 43.7 Å². The zero-order valence-corrected chi connectivity index (χ0v) is 22.4. The summed E-state index contributed by atoms with van der Waals surface area (Å²) in [4.78, 5) is 32.1. The minimum absolute atomic E-state index is 0.00489. The molecule has 0 aliphatic carbocycles. The monoisotopic (exact) mass is 537 g/mol. The molecule has 9 nitrogen and oxygen atoms in total. The van der Waals surface area contributed by atoms with Crippen molar-refractivity contribution in [3.63, 3.8) is 0 Å². The Kier molecular flexibility index (Phi) is 6.65. The maximum absolute atomic E-state index is 14.5. The third kappa shape index (κ3) is 4.58. The van der Waals surface area contributed by atoms with Gasteiger partial charge in [-0.3, -0.25) is 19.5 Å². The second kappa shape index (κ2) is 9.97. The van der Waals surface area contributed by atoms with Crippen LogP contribution in [0.4, 0.5) is 4.39 Å². The molecule has 4 aromatic rings. The normalized spacial score (nSPS) is 21.3. The van der Waals surface area contributed by atoms with Crippen molar-refractivity contribution >= 4 is 38.4 Å². The smallest absolute Gasteiger partial charge is 0.237 e. The lowest BCUT2D eigenvalue weighted by Crippen LogP contribution is -2.61. The Morgan fingerprint density at radius 2 is 2.03 bits per heavy atom. The minimum Gasteiger partial charge on any atom is -0.371 e. The van der Waals surface area contributed by atoms with Gasteiger partial charge < -0.3 is 15.5 Å². The van der Waals surface area contributed by atoms with Gasteiger partial charge in [0.05, 0.1) is 34.6 Å². The molecule has 0 radical (unpaired) electrons. The van der Waals surface area contributed by atoms with Gasteiger partial charge in [0.25, 0.3) is 0 Å². The Hall–Kier alpha value is -2.96. The summed E-state index contributed by atoms with van der Waals surface area (Å²) >= 11 is 1.71. The van der Waals surface area contributed by atoms with Crippen LogP contribution in [0.15, 0.2) is 43.0 Å². The average molecular weight is 538 g/mol. The largest absolute Gasteiger partial charge is 0.371 e. The van der Waals surface area contributed by atoms with Gasteiger partial charge in [-0.1, -0.05) is 0 Å². The Bertz CT molecular complexity index is 1430. The summed E-state index contributed by atoms with van der Waals surface area (Å²) in [5.41, 5.74) is 7.57. The minimum atomic E-state index is -0.696. The molecule has 38 heavy (non-hydrogen) atoms. The molecule has 2 fully saturated rings. The number of rotatable bonds is 6. The van der Waals surface area contributed by atoms with E-state index in [4.69, 9.17) is 10.5 Å². The standard InChI is InChI=1S/C27H32FN7O2S/c1-27(2,26(29)36)35-7-5-33(6-8-35)25(23-13-21-24(38-23)14-30-16-32-21)34-9-10-37-22(15-34)19-11-17(28)12-20-18(19)3-4-31-20/h3-4,11-14,16,22,25,31H,5-10,15H2,1-2H3,(H2,29,36). The van der Waals surface area contributed by atoms with Crippen molar-refractivity contribution < 1.29 is 13.9 Å². The fraction of sp³-hybridized carbons (Fsp3) is 0.444. The van der Waals surface area contributed by atoms with Gasteiger partial charge in [0.15, 0.2) is 0 Å². The number of benzene rings is 1. The number of morpholine rings is 1. The van der Waals surface area contributed by atoms with Crippen molar-refractivity contribution in [3.8, 4) is 0 Å². The van der Waals surface area contributed by atoms with Crippen LogP contribution in [-0.4, -0.2) is 87.0 Å². The second-order valence-electron chi connectivity index (χ2n) is 10.5. The third-order valence-corrected chi connectivity index (χ3v) is 9.08. The number of carbonyl (C=O) groups is 1. The number of hydrogen-bond donors (Lipinski definition) is 2. The summed E-state index contributed by atoms with van der Waals surface area (Å²) in [7, 11) is 0. The van der Waals surface area contributed by atoms with Crippen LogP contribution in [0, 0.1) is 5.82 Å². The van der Waals surface area contributed by atoms with Gasteiger partial charge in [-0.2, -0.15) is 0 Å². The first-order valence-electron chi connectivity index (χ1n) is 12.9. The van der Waals surface area contributed by atoms with Crippen LogP contribution < -0.4 is 5.73 Å². The van der Waals surface area contributed by atoms with E-state index in [1.165, 1.54) is 10.9 Å². The molecule has 3 N–H and O–H groups in total. The van der Waals surface area contributed by atoms with Crippen molar-refractivity contribution in [1.82, 2.24) is 29.7 Å². The van der Waals surface area contributed by atoms with E-state index >= 15 is 0 Å². The van der Waals surface area contributed by atoms with Crippen molar-refractivity contribution in [1.29, 1.82) is 0 Å². The number of piperazine rings is 1. The highest BCUT2D eigenvalue weighted by Crippen LogP contribution is 2.38. The summed E-state index contributed by atoms with van der Waals surface area (Å²) in [5, 5.41) is 0.981. The number of carbonyl (C=O) groups excluding carboxylic acids is 1. The number of hydrogen-bond acceptors (Lipinski definition) is 8. The van der Waals surface area contributed by atoms with Gasteiger partial charge in [0.2, 0.25) is 5.91 Å². The quantitative estimate of drug-likeness (QED) is 0.389. The third-order valence-electron chi connectivity index (χ3n) is 7.98. The zero-order chi connectivity index (χ0) is 26.4. The Labute approximate surface area is 224 Å². The molecular formula is C27H32FN7O2S. The number of aromatic amines is 1. The molecule has 3 aromatic heterocycles. The lowest BCUT2D eigenvalue weighted by atomic mass is 10.0. The summed E-state index contributed by atoms with van der Waals surface area (Å²) in [6.07, 6.45) is 5.01. The highest BCUT2D eigenvalue weighted by molar-refractivity contribution is 7.19. The number of ether oxygens (including phenoxy) is 1. The second-order valence-corrected chi connectivity index (χ2v) is 11.6. The zero-order valence-electron chi connectivity index (χ0n) is 21.6. The SMILES string of the molecule is CC(C)(C(N)=O)N1CCN(C(c2cc3ncncc3s2)N2CCOC(c3cc(F)cc4[nH]ccc34)C2)CC1. The van der Waals surface area contributed by atoms with Crippen LogP contribution >= 0.6 is 11.3 Å². The number of nitrogens with one attached hydrogen (secondary N) is 1. The van der Waals surface area contributed by atoms with Gasteiger partial charge in [0.1, 0.15) is 12.1 Å². The first-order valence-corrected chi connectivity index (χ1v) is 13.7. The Balaban J connectivity index is 1.31. The predicted molar refractivity (Wildman–Crippen MR) is 145 cm³/mol. The number of primary amides is 1. The van der Waals surface area contributed by atoms with Crippen LogP contribution in [0.2, 0.25) is 0 Å². The van der Waals surface area contributed by atoms with E-state index in [-0.39, 0.29) is 24.0 Å². The molecule has 2 aliphatic rings. The van der Waals surface area contributed by atoms with Crippen LogP contribution in [0.3, 0.4) is 0 Å². The number of nitrogens with two attached hydrogens (primary N) is 1. The maximum Gasteiger partial charge on any atom is 0.237 e. The molecule has 1 aromatic carbocycles. The van der Waals surface area contributed by atoms with E-state index in [9.17, 15) is 9.18 Å². The summed E-state index contributed by atoms with van der Waals surface area (Å²) < 4.78 is 21.8. The van der Waals surface area contributed by atoms with Crippen LogP contribution in [0.1, 0.15) is 36.6 Å². The van der Waals surface area contributed by atoms with E-state index in [2.05, 4.69) is 35.7 Å². The molecule has 0 bridgehead atoms. The van der Waals surface area contributed by atoms with Crippen molar-refractivity contribution in [2.75, 3.05) is 45.9 Å². The average Bonchev–Trinajstić information content (AvgIpc) is 3.55. The number of amides is 1. The van der Waals surface area contributed by atoms with Crippen LogP contribution in [0.5, 0.6) is 0 Å². The fourth-order valence-electron chi connectivity index (χ4n) is 5.71. The summed E-state index contributed by atoms with van der Waals surface area (Å²) in [6, 6.07) is 7.25. The Morgan fingerprint density at radius 1 is 1.21 bits per heavy atom. The lowest BCUT2D eigenvalue weighted by molar-refractivity contribution is -0.131. The molecule has 11 heteroatoms. The maximum atomic E-state index is 14.5. The van der Waals surface area contributed by atoms with Gasteiger partial charge in [-0.25, -0.2) is 14.4 Å². The molecule has 200 valence electrons. The van der Waals surface area contributed by atoms with E-state index in [0.717, 1.165) is 59.4 Å². The summed E-state index contributed by atoms with van der Waals surface area (Å²) in [5.74, 6) is -0.587. The predicted octanol–water partition coefficient (Wildman–Crippen LogP) is 3.27.